The van der Waals surface area contributed by atoms with Gasteiger partial charge in [-0.05, 0) is 37.4 Å². The van der Waals surface area contributed by atoms with Crippen LogP contribution in [0.25, 0.3) is 0 Å². The normalized spacial score (nSPS) is 25.1. The van der Waals surface area contributed by atoms with Crippen LogP contribution in [0.4, 0.5) is 0 Å². The van der Waals surface area contributed by atoms with Gasteiger partial charge in [-0.2, -0.15) is 0 Å². The highest BCUT2D eigenvalue weighted by atomic mass is 32.1. The molecule has 1 fully saturated rings. The first-order chi connectivity index (χ1) is 7.72. The highest BCUT2D eigenvalue weighted by molar-refractivity contribution is 7.80. The molecule has 0 aliphatic heterocycles. The van der Waals surface area contributed by atoms with Gasteiger partial charge in [-0.3, -0.25) is 0 Å². The van der Waals surface area contributed by atoms with Crippen LogP contribution in [0.5, 0.6) is 0 Å². The molecule has 0 radical (unpaired) electrons. The molecule has 0 aromatic carbocycles. The van der Waals surface area contributed by atoms with Crippen LogP contribution in [0.2, 0.25) is 0 Å². The summed E-state index contributed by atoms with van der Waals surface area (Å²) >= 11 is 5.26. The van der Waals surface area contributed by atoms with Gasteiger partial charge in [-0.25, -0.2) is 0 Å². The summed E-state index contributed by atoms with van der Waals surface area (Å²) in [7, 11) is 1.72. The van der Waals surface area contributed by atoms with Crippen LogP contribution in [-0.2, 0) is 4.74 Å². The fraction of sp³-hybridized carbons (Fsp3) is 0.917. The first-order valence-electron chi connectivity index (χ1n) is 6.25. The zero-order valence-corrected chi connectivity index (χ0v) is 11.2. The number of hydrogen-bond acceptors (Lipinski definition) is 2. The van der Waals surface area contributed by atoms with Crippen LogP contribution in [0.3, 0.4) is 0 Å². The average molecular weight is 244 g/mol. The van der Waals surface area contributed by atoms with Crippen LogP contribution >= 0.6 is 12.2 Å². The maximum Gasteiger partial charge on any atom is 0.166 e. The lowest BCUT2D eigenvalue weighted by Crippen LogP contribution is -2.44. The van der Waals surface area contributed by atoms with E-state index in [2.05, 4.69) is 17.6 Å². The highest BCUT2D eigenvalue weighted by Crippen LogP contribution is 2.23. The summed E-state index contributed by atoms with van der Waals surface area (Å²) < 4.78 is 4.98. The van der Waals surface area contributed by atoms with Crippen molar-refractivity contribution in [2.75, 3.05) is 20.3 Å². The van der Waals surface area contributed by atoms with E-state index in [0.717, 1.165) is 30.6 Å². The van der Waals surface area contributed by atoms with Crippen molar-refractivity contribution in [3.8, 4) is 0 Å². The van der Waals surface area contributed by atoms with Gasteiger partial charge in [0.15, 0.2) is 5.11 Å². The molecular formula is C12H24N2OS. The molecule has 2 atom stereocenters. The molecule has 16 heavy (non-hydrogen) atoms. The second kappa shape index (κ2) is 7.85. The Hall–Kier alpha value is -0.350. The number of ether oxygens (including phenoxy) is 1. The topological polar surface area (TPSA) is 33.3 Å². The molecule has 94 valence electrons. The third kappa shape index (κ3) is 5.66. The maximum absolute atomic E-state index is 5.26. The van der Waals surface area contributed by atoms with Crippen molar-refractivity contribution in [1.82, 2.24) is 10.6 Å². The third-order valence-corrected chi connectivity index (χ3v) is 3.34. The lowest BCUT2D eigenvalue weighted by Gasteiger charge is -2.28. The van der Waals surface area contributed by atoms with Gasteiger partial charge in [0.1, 0.15) is 0 Å². The molecule has 0 aromatic heterocycles. The van der Waals surface area contributed by atoms with Gasteiger partial charge < -0.3 is 15.4 Å². The second-order valence-electron chi connectivity index (χ2n) is 4.72. The summed E-state index contributed by atoms with van der Waals surface area (Å²) in [5.41, 5.74) is 0. The summed E-state index contributed by atoms with van der Waals surface area (Å²) in [6.45, 7) is 4.00. The summed E-state index contributed by atoms with van der Waals surface area (Å²) in [4.78, 5) is 0. The Labute approximate surface area is 104 Å². The lowest BCUT2D eigenvalue weighted by molar-refractivity contribution is 0.195. The summed E-state index contributed by atoms with van der Waals surface area (Å²) in [5, 5.41) is 7.43. The van der Waals surface area contributed by atoms with Crippen molar-refractivity contribution in [1.29, 1.82) is 0 Å². The van der Waals surface area contributed by atoms with Crippen molar-refractivity contribution in [2.24, 2.45) is 5.92 Å². The van der Waals surface area contributed by atoms with E-state index < -0.39 is 0 Å². The molecule has 1 rings (SSSR count). The minimum absolute atomic E-state index is 0.575. The molecule has 0 amide bonds. The summed E-state index contributed by atoms with van der Waals surface area (Å²) in [6.07, 6.45) is 6.20. The van der Waals surface area contributed by atoms with Crippen molar-refractivity contribution in [2.45, 2.75) is 45.1 Å². The molecule has 0 aromatic rings. The van der Waals surface area contributed by atoms with E-state index >= 15 is 0 Å². The van der Waals surface area contributed by atoms with E-state index in [1.165, 1.54) is 25.7 Å². The van der Waals surface area contributed by atoms with Crippen molar-refractivity contribution in [3.05, 3.63) is 0 Å². The van der Waals surface area contributed by atoms with Gasteiger partial charge in [-0.1, -0.05) is 19.8 Å². The van der Waals surface area contributed by atoms with Gasteiger partial charge in [0.25, 0.3) is 0 Å². The molecule has 1 aliphatic rings. The van der Waals surface area contributed by atoms with Gasteiger partial charge in [-0.15, -0.1) is 0 Å². The Balaban J connectivity index is 2.08. The minimum Gasteiger partial charge on any atom is -0.385 e. The van der Waals surface area contributed by atoms with Crippen molar-refractivity contribution >= 4 is 17.3 Å². The Morgan fingerprint density at radius 1 is 1.44 bits per heavy atom. The fourth-order valence-corrected chi connectivity index (χ4v) is 2.49. The SMILES string of the molecule is COCCCNC(=S)NC1CCCC(C)C1. The Morgan fingerprint density at radius 2 is 2.25 bits per heavy atom. The first-order valence-corrected chi connectivity index (χ1v) is 6.66. The fourth-order valence-electron chi connectivity index (χ4n) is 2.22. The highest BCUT2D eigenvalue weighted by Gasteiger charge is 2.18. The second-order valence-corrected chi connectivity index (χ2v) is 5.12. The maximum atomic E-state index is 5.26. The zero-order valence-electron chi connectivity index (χ0n) is 10.4. The van der Waals surface area contributed by atoms with Crippen molar-refractivity contribution in [3.63, 3.8) is 0 Å². The average Bonchev–Trinajstić information content (AvgIpc) is 2.24. The Bertz CT molecular complexity index is 211. The number of hydrogen-bond donors (Lipinski definition) is 2. The molecule has 0 heterocycles. The van der Waals surface area contributed by atoms with Gasteiger partial charge in [0.2, 0.25) is 0 Å². The molecule has 0 saturated heterocycles. The first kappa shape index (κ1) is 13.7. The minimum atomic E-state index is 0.575. The molecule has 4 heteroatoms. The monoisotopic (exact) mass is 244 g/mol. The van der Waals surface area contributed by atoms with Gasteiger partial charge >= 0.3 is 0 Å². The molecule has 1 saturated carbocycles. The molecule has 2 unspecified atom stereocenters. The van der Waals surface area contributed by atoms with E-state index in [1.807, 2.05) is 0 Å². The van der Waals surface area contributed by atoms with Crippen LogP contribution in [0.1, 0.15) is 39.0 Å². The van der Waals surface area contributed by atoms with Gasteiger partial charge in [0, 0.05) is 26.3 Å². The number of rotatable bonds is 5. The molecule has 2 N–H and O–H groups in total. The number of methoxy groups -OCH3 is 1. The van der Waals surface area contributed by atoms with E-state index in [9.17, 15) is 0 Å². The molecule has 0 bridgehead atoms. The predicted octanol–water partition coefficient (Wildman–Crippen LogP) is 2.07. The Kier molecular flexibility index (Phi) is 6.73. The van der Waals surface area contributed by atoms with Crippen LogP contribution in [0.15, 0.2) is 0 Å². The molecule has 3 nitrogen and oxygen atoms in total. The molecular weight excluding hydrogens is 220 g/mol. The predicted molar refractivity (Wildman–Crippen MR) is 71.6 cm³/mol. The molecule has 0 spiro atoms. The van der Waals surface area contributed by atoms with E-state index in [-0.39, 0.29) is 0 Å². The zero-order chi connectivity index (χ0) is 11.8. The third-order valence-electron chi connectivity index (χ3n) is 3.08. The standard InChI is InChI=1S/C12H24N2OS/c1-10-5-3-6-11(9-10)14-12(16)13-7-4-8-15-2/h10-11H,3-9H2,1-2H3,(H2,13,14,16). The Morgan fingerprint density at radius 3 is 2.94 bits per heavy atom. The van der Waals surface area contributed by atoms with Gasteiger partial charge in [0.05, 0.1) is 0 Å². The quantitative estimate of drug-likeness (QED) is 0.573. The van der Waals surface area contributed by atoms with Crippen LogP contribution < -0.4 is 10.6 Å². The van der Waals surface area contributed by atoms with E-state index in [0.29, 0.717) is 6.04 Å². The smallest absolute Gasteiger partial charge is 0.166 e. The van der Waals surface area contributed by atoms with E-state index in [1.54, 1.807) is 7.11 Å². The summed E-state index contributed by atoms with van der Waals surface area (Å²) in [5.74, 6) is 0.836. The van der Waals surface area contributed by atoms with E-state index in [4.69, 9.17) is 17.0 Å². The van der Waals surface area contributed by atoms with Crippen molar-refractivity contribution < 1.29 is 4.74 Å². The van der Waals surface area contributed by atoms with Crippen LogP contribution in [-0.4, -0.2) is 31.4 Å². The lowest BCUT2D eigenvalue weighted by atomic mass is 9.87. The largest absolute Gasteiger partial charge is 0.385 e. The number of thiocarbonyl (C=S) groups is 1. The number of nitrogens with one attached hydrogen (secondary N) is 2. The van der Waals surface area contributed by atoms with Crippen LogP contribution in [0, 0.1) is 5.92 Å². The summed E-state index contributed by atoms with van der Waals surface area (Å²) in [6, 6.07) is 0.575. The molecule has 1 aliphatic carbocycles.